The predicted octanol–water partition coefficient (Wildman–Crippen LogP) is 3.21. The topological polar surface area (TPSA) is 93.3 Å². The van der Waals surface area contributed by atoms with Crippen LogP contribution in [0.3, 0.4) is 0 Å². The van der Waals surface area contributed by atoms with Crippen molar-refractivity contribution in [2.75, 3.05) is 5.32 Å². The maximum Gasteiger partial charge on any atom is 0.303 e. The first-order valence-electron chi connectivity index (χ1n) is 9.39. The summed E-state index contributed by atoms with van der Waals surface area (Å²) in [5.41, 5.74) is 1.52. The third-order valence-corrected chi connectivity index (χ3v) is 5.01. The van der Waals surface area contributed by atoms with Gasteiger partial charge in [-0.2, -0.15) is 0 Å². The van der Waals surface area contributed by atoms with Crippen molar-refractivity contribution in [3.8, 4) is 5.69 Å². The highest BCUT2D eigenvalue weighted by atomic mass is 19.1. The van der Waals surface area contributed by atoms with Crippen LogP contribution in [0, 0.1) is 12.7 Å². The Hall–Kier alpha value is -3.68. The van der Waals surface area contributed by atoms with Gasteiger partial charge in [0.15, 0.2) is 0 Å². The van der Waals surface area contributed by atoms with Crippen molar-refractivity contribution < 1.29 is 19.1 Å². The zero-order chi connectivity index (χ0) is 21.8. The molecule has 1 aromatic heterocycles. The second-order valence-corrected chi connectivity index (χ2v) is 7.04. The Bertz CT molecular complexity index is 1120. The minimum Gasteiger partial charge on any atom is -0.481 e. The number of amides is 1. The molecule has 1 atom stereocenters. The number of benzene rings is 2. The van der Waals surface area contributed by atoms with Gasteiger partial charge in [-0.05, 0) is 36.8 Å². The summed E-state index contributed by atoms with van der Waals surface area (Å²) in [6, 6.07) is 14.4. The third-order valence-electron chi connectivity index (χ3n) is 5.01. The zero-order valence-electron chi connectivity index (χ0n) is 16.6. The molecule has 0 aliphatic carbocycles. The predicted molar refractivity (Wildman–Crippen MR) is 110 cm³/mol. The summed E-state index contributed by atoms with van der Waals surface area (Å²) < 4.78 is 16.3. The van der Waals surface area contributed by atoms with E-state index >= 15 is 0 Å². The summed E-state index contributed by atoms with van der Waals surface area (Å²) in [6.45, 7) is 1.71. The first-order valence-corrected chi connectivity index (χ1v) is 9.39. The lowest BCUT2D eigenvalue weighted by Gasteiger charge is -2.15. The number of carbonyl (C=O) groups is 2. The first kappa shape index (κ1) is 21.0. The molecule has 156 valence electrons. The maximum absolute atomic E-state index is 13.2. The van der Waals surface area contributed by atoms with Gasteiger partial charge in [0, 0.05) is 19.4 Å². The van der Waals surface area contributed by atoms with Gasteiger partial charge >= 0.3 is 5.97 Å². The molecule has 3 aromatic rings. The smallest absolute Gasteiger partial charge is 0.303 e. The monoisotopic (exact) mass is 411 g/mol. The molecule has 0 aliphatic rings. The second kappa shape index (κ2) is 8.77. The molecule has 0 fully saturated rings. The largest absolute Gasteiger partial charge is 0.481 e. The Morgan fingerprint density at radius 1 is 1.07 bits per heavy atom. The van der Waals surface area contributed by atoms with E-state index in [1.54, 1.807) is 30.8 Å². The van der Waals surface area contributed by atoms with E-state index in [0.717, 1.165) is 0 Å². The quantitative estimate of drug-likeness (QED) is 0.624. The van der Waals surface area contributed by atoms with Crippen molar-refractivity contribution in [1.29, 1.82) is 0 Å². The van der Waals surface area contributed by atoms with Gasteiger partial charge in [0.05, 0.1) is 17.8 Å². The lowest BCUT2D eigenvalue weighted by atomic mass is 9.92. The lowest BCUT2D eigenvalue weighted by Crippen LogP contribution is -2.24. The van der Waals surface area contributed by atoms with Crippen LogP contribution in [-0.4, -0.2) is 26.3 Å². The molecule has 1 amide bonds. The number of rotatable bonds is 7. The second-order valence-electron chi connectivity index (χ2n) is 7.04. The van der Waals surface area contributed by atoms with E-state index in [1.807, 2.05) is 18.2 Å². The average Bonchev–Trinajstić information content (AvgIpc) is 2.91. The Labute approximate surface area is 172 Å². The number of carbonyl (C=O) groups excluding carboxylic acids is 1. The molecule has 8 heteroatoms. The van der Waals surface area contributed by atoms with E-state index in [2.05, 4.69) is 5.32 Å². The lowest BCUT2D eigenvalue weighted by molar-refractivity contribution is -0.137. The number of nitrogens with one attached hydrogen (secondary N) is 1. The Balaban J connectivity index is 1.85. The van der Waals surface area contributed by atoms with Crippen LogP contribution in [0.2, 0.25) is 0 Å². The Morgan fingerprint density at radius 3 is 2.30 bits per heavy atom. The van der Waals surface area contributed by atoms with Gasteiger partial charge in [-0.25, -0.2) is 9.07 Å². The SMILES string of the molecule is Cc1c(NC(=O)CC(CC(=O)O)c2ccc(F)cc2)c(=O)n(-c2ccccc2)n1C. The van der Waals surface area contributed by atoms with Crippen molar-refractivity contribution >= 4 is 17.6 Å². The van der Waals surface area contributed by atoms with E-state index in [4.69, 9.17) is 0 Å². The molecule has 7 nitrogen and oxygen atoms in total. The number of nitrogens with zero attached hydrogens (tertiary/aromatic N) is 2. The molecule has 0 saturated carbocycles. The van der Waals surface area contributed by atoms with Crippen molar-refractivity contribution in [2.24, 2.45) is 7.05 Å². The summed E-state index contributed by atoms with van der Waals surface area (Å²) >= 11 is 0. The highest BCUT2D eigenvalue weighted by Crippen LogP contribution is 2.25. The van der Waals surface area contributed by atoms with Gasteiger partial charge in [-0.15, -0.1) is 0 Å². The molecule has 30 heavy (non-hydrogen) atoms. The highest BCUT2D eigenvalue weighted by molar-refractivity contribution is 5.92. The standard InChI is InChI=1S/C22H22FN3O4/c1-14-21(22(30)26(25(14)2)18-6-4-3-5-7-18)24-19(27)12-16(13-20(28)29)15-8-10-17(23)11-9-15/h3-11,16H,12-13H2,1-2H3,(H,24,27)(H,28,29). The molecular weight excluding hydrogens is 389 g/mol. The molecule has 0 spiro atoms. The molecule has 0 saturated heterocycles. The molecule has 2 aromatic carbocycles. The average molecular weight is 411 g/mol. The summed E-state index contributed by atoms with van der Waals surface area (Å²) in [4.78, 5) is 36.8. The number of halogens is 1. The van der Waals surface area contributed by atoms with Crippen molar-refractivity contribution in [3.63, 3.8) is 0 Å². The number of para-hydroxylation sites is 1. The number of aromatic nitrogens is 2. The van der Waals surface area contributed by atoms with Crippen LogP contribution in [0.5, 0.6) is 0 Å². The van der Waals surface area contributed by atoms with Gasteiger partial charge in [-0.1, -0.05) is 30.3 Å². The summed E-state index contributed by atoms with van der Waals surface area (Å²) in [6.07, 6.45) is -0.446. The van der Waals surface area contributed by atoms with Crippen molar-refractivity contribution in [2.45, 2.75) is 25.7 Å². The first-order chi connectivity index (χ1) is 14.3. The fraction of sp³-hybridized carbons (Fsp3) is 0.227. The van der Waals surface area contributed by atoms with Gasteiger partial charge in [0.2, 0.25) is 5.91 Å². The molecule has 1 unspecified atom stereocenters. The molecule has 0 radical (unpaired) electrons. The molecule has 0 aliphatic heterocycles. The van der Waals surface area contributed by atoms with Gasteiger partial charge in [0.25, 0.3) is 5.56 Å². The number of anilines is 1. The molecule has 1 heterocycles. The van der Waals surface area contributed by atoms with Gasteiger partial charge in [-0.3, -0.25) is 19.1 Å². The van der Waals surface area contributed by atoms with E-state index in [9.17, 15) is 23.9 Å². The normalized spacial score (nSPS) is 11.8. The van der Waals surface area contributed by atoms with E-state index in [-0.39, 0.29) is 24.1 Å². The summed E-state index contributed by atoms with van der Waals surface area (Å²) in [5, 5.41) is 11.8. The number of aliphatic carboxylic acids is 1. The maximum atomic E-state index is 13.2. The molecule has 0 bridgehead atoms. The van der Waals surface area contributed by atoms with Crippen molar-refractivity contribution in [1.82, 2.24) is 9.36 Å². The van der Waals surface area contributed by atoms with E-state index in [0.29, 0.717) is 16.9 Å². The highest BCUT2D eigenvalue weighted by Gasteiger charge is 2.23. The Kier molecular flexibility index (Phi) is 6.15. The minimum absolute atomic E-state index is 0.138. The van der Waals surface area contributed by atoms with Crippen LogP contribution in [0.1, 0.15) is 30.0 Å². The fourth-order valence-corrected chi connectivity index (χ4v) is 3.38. The van der Waals surface area contributed by atoms with Crippen LogP contribution in [0.4, 0.5) is 10.1 Å². The number of hydrogen-bond acceptors (Lipinski definition) is 3. The van der Waals surface area contributed by atoms with Crippen LogP contribution in [0.15, 0.2) is 59.4 Å². The summed E-state index contributed by atoms with van der Waals surface area (Å²) in [5.74, 6) is -2.65. The number of carboxylic acid groups (broad SMARTS) is 1. The van der Waals surface area contributed by atoms with Gasteiger partial charge in [0.1, 0.15) is 11.5 Å². The Morgan fingerprint density at radius 2 is 1.70 bits per heavy atom. The van der Waals surface area contributed by atoms with Crippen molar-refractivity contribution in [3.05, 3.63) is 82.0 Å². The summed E-state index contributed by atoms with van der Waals surface area (Å²) in [7, 11) is 1.71. The fourth-order valence-electron chi connectivity index (χ4n) is 3.38. The van der Waals surface area contributed by atoms with E-state index < -0.39 is 23.6 Å². The third kappa shape index (κ3) is 4.48. The molecular formula is C22H22FN3O4. The van der Waals surface area contributed by atoms with Crippen LogP contribution < -0.4 is 10.9 Å². The van der Waals surface area contributed by atoms with Crippen LogP contribution >= 0.6 is 0 Å². The number of carboxylic acids is 1. The van der Waals surface area contributed by atoms with E-state index in [1.165, 1.54) is 28.9 Å². The number of hydrogen-bond donors (Lipinski definition) is 2. The molecule has 2 N–H and O–H groups in total. The van der Waals surface area contributed by atoms with Crippen LogP contribution in [0.25, 0.3) is 5.69 Å². The minimum atomic E-state index is -1.07. The van der Waals surface area contributed by atoms with Crippen LogP contribution in [-0.2, 0) is 16.6 Å². The zero-order valence-corrected chi connectivity index (χ0v) is 16.6. The van der Waals surface area contributed by atoms with Gasteiger partial charge < -0.3 is 10.4 Å². The molecule has 3 rings (SSSR count).